The van der Waals surface area contributed by atoms with E-state index >= 15 is 0 Å². The van der Waals surface area contributed by atoms with Crippen molar-refractivity contribution in [1.29, 1.82) is 0 Å². The van der Waals surface area contributed by atoms with Gasteiger partial charge in [0.25, 0.3) is 0 Å². The van der Waals surface area contributed by atoms with Gasteiger partial charge in [-0.15, -0.1) is 0 Å². The molecule has 1 aromatic heterocycles. The minimum absolute atomic E-state index is 0.103. The Bertz CT molecular complexity index is 813. The molecule has 0 saturated carbocycles. The standard InChI is InChI=1S/C20H21N3O/c1-19(2)16-5-3-4-6-17(16)23-14-10-18(24)22-20(19,23)11-7-15-8-12-21-13-9-15/h3-9,11-13H,10,14H2,1-2H3,(H,22,24)/b11-7+/t20-/m0/s1. The molecule has 1 amide bonds. The highest BCUT2D eigenvalue weighted by atomic mass is 16.2. The van der Waals surface area contributed by atoms with Gasteiger partial charge in [-0.3, -0.25) is 9.78 Å². The van der Waals surface area contributed by atoms with Gasteiger partial charge in [0.2, 0.25) is 5.91 Å². The van der Waals surface area contributed by atoms with Crippen molar-refractivity contribution in [3.63, 3.8) is 0 Å². The maximum absolute atomic E-state index is 12.3. The second kappa shape index (κ2) is 5.20. The molecule has 1 atom stereocenters. The molecule has 4 nitrogen and oxygen atoms in total. The quantitative estimate of drug-likeness (QED) is 0.925. The molecule has 24 heavy (non-hydrogen) atoms. The first-order valence-electron chi connectivity index (χ1n) is 8.32. The fraction of sp³-hybridized carbons (Fsp3) is 0.300. The largest absolute Gasteiger partial charge is 0.344 e. The SMILES string of the molecule is CC1(C)c2ccccc2N2CCC(=O)N[C@@]21/C=C/c1ccncc1. The number of benzene rings is 1. The maximum Gasteiger partial charge on any atom is 0.223 e. The van der Waals surface area contributed by atoms with Gasteiger partial charge in [-0.25, -0.2) is 0 Å². The van der Waals surface area contributed by atoms with Crippen molar-refractivity contribution in [2.75, 3.05) is 11.4 Å². The molecule has 1 N–H and O–H groups in total. The molecule has 0 bridgehead atoms. The van der Waals surface area contributed by atoms with Crippen LogP contribution in [0, 0.1) is 0 Å². The second-order valence-electron chi connectivity index (χ2n) is 6.97. The highest BCUT2D eigenvalue weighted by molar-refractivity contribution is 5.84. The van der Waals surface area contributed by atoms with Crippen LogP contribution in [-0.2, 0) is 10.2 Å². The van der Waals surface area contributed by atoms with Crippen molar-refractivity contribution in [3.05, 3.63) is 66.0 Å². The Kier molecular flexibility index (Phi) is 3.23. The van der Waals surface area contributed by atoms with Gasteiger partial charge in [-0.2, -0.15) is 0 Å². The molecule has 1 saturated heterocycles. The van der Waals surface area contributed by atoms with E-state index in [1.165, 1.54) is 11.3 Å². The van der Waals surface area contributed by atoms with Crippen LogP contribution in [0.15, 0.2) is 54.9 Å². The molecule has 0 unspecified atom stereocenters. The third-order valence-corrected chi connectivity index (χ3v) is 5.36. The molecule has 1 aromatic carbocycles. The number of carbonyl (C=O) groups excluding carboxylic acids is 1. The Labute approximate surface area is 142 Å². The summed E-state index contributed by atoms with van der Waals surface area (Å²) in [5.74, 6) is 0.103. The Morgan fingerprint density at radius 1 is 1.17 bits per heavy atom. The lowest BCUT2D eigenvalue weighted by atomic mass is 9.74. The predicted octanol–water partition coefficient (Wildman–Crippen LogP) is 3.11. The molecule has 0 aliphatic carbocycles. The molecule has 2 aromatic rings. The van der Waals surface area contributed by atoms with Gasteiger partial charge >= 0.3 is 0 Å². The van der Waals surface area contributed by atoms with Gasteiger partial charge in [-0.1, -0.05) is 38.1 Å². The summed E-state index contributed by atoms with van der Waals surface area (Å²) >= 11 is 0. The summed E-state index contributed by atoms with van der Waals surface area (Å²) in [6.07, 6.45) is 8.30. The molecule has 2 aliphatic heterocycles. The van der Waals surface area contributed by atoms with E-state index in [0.717, 1.165) is 12.1 Å². The van der Waals surface area contributed by atoms with Crippen molar-refractivity contribution >= 4 is 17.7 Å². The first-order valence-corrected chi connectivity index (χ1v) is 8.32. The van der Waals surface area contributed by atoms with Gasteiger partial charge in [0.1, 0.15) is 5.66 Å². The number of pyridine rings is 1. The van der Waals surface area contributed by atoms with E-state index in [1.807, 2.05) is 12.1 Å². The van der Waals surface area contributed by atoms with Crippen LogP contribution in [-0.4, -0.2) is 23.1 Å². The normalized spacial score (nSPS) is 24.6. The monoisotopic (exact) mass is 319 g/mol. The molecule has 0 radical (unpaired) electrons. The number of nitrogens with zero attached hydrogens (tertiary/aromatic N) is 2. The third kappa shape index (κ3) is 1.99. The summed E-state index contributed by atoms with van der Waals surface area (Å²) in [5, 5.41) is 3.28. The van der Waals surface area contributed by atoms with Crippen LogP contribution in [0.4, 0.5) is 5.69 Å². The molecule has 1 fully saturated rings. The number of hydrogen-bond donors (Lipinski definition) is 1. The third-order valence-electron chi connectivity index (χ3n) is 5.36. The van der Waals surface area contributed by atoms with Gasteiger partial charge in [0.15, 0.2) is 0 Å². The Morgan fingerprint density at radius 3 is 2.71 bits per heavy atom. The number of aromatic nitrogens is 1. The first-order chi connectivity index (χ1) is 11.5. The Balaban J connectivity index is 1.86. The zero-order chi connectivity index (χ0) is 16.8. The number of para-hydroxylation sites is 1. The summed E-state index contributed by atoms with van der Waals surface area (Å²) < 4.78 is 0. The number of amides is 1. The summed E-state index contributed by atoms with van der Waals surface area (Å²) in [4.78, 5) is 18.7. The maximum atomic E-state index is 12.3. The fourth-order valence-electron chi connectivity index (χ4n) is 4.01. The van der Waals surface area contributed by atoms with E-state index in [-0.39, 0.29) is 11.3 Å². The topological polar surface area (TPSA) is 45.2 Å². The zero-order valence-electron chi connectivity index (χ0n) is 14.0. The van der Waals surface area contributed by atoms with E-state index in [1.54, 1.807) is 12.4 Å². The molecule has 3 heterocycles. The Hall–Kier alpha value is -2.62. The molecule has 0 spiro atoms. The number of fused-ring (bicyclic) bond motifs is 3. The second-order valence-corrected chi connectivity index (χ2v) is 6.97. The minimum Gasteiger partial charge on any atom is -0.344 e. The van der Waals surface area contributed by atoms with Crippen LogP contribution >= 0.6 is 0 Å². The number of carbonyl (C=O) groups is 1. The van der Waals surface area contributed by atoms with Crippen molar-refractivity contribution in [3.8, 4) is 0 Å². The highest BCUT2D eigenvalue weighted by Crippen LogP contribution is 2.52. The van der Waals surface area contributed by atoms with Gasteiger partial charge in [-0.05, 0) is 35.4 Å². The van der Waals surface area contributed by atoms with E-state index < -0.39 is 5.66 Å². The fourth-order valence-corrected chi connectivity index (χ4v) is 4.01. The van der Waals surface area contributed by atoms with E-state index in [0.29, 0.717) is 6.42 Å². The van der Waals surface area contributed by atoms with E-state index in [4.69, 9.17) is 0 Å². The lowest BCUT2D eigenvalue weighted by Gasteiger charge is -2.49. The number of anilines is 1. The lowest BCUT2D eigenvalue weighted by Crippen LogP contribution is -2.68. The van der Waals surface area contributed by atoms with Crippen molar-refractivity contribution in [1.82, 2.24) is 10.3 Å². The van der Waals surface area contributed by atoms with Crippen molar-refractivity contribution in [2.45, 2.75) is 31.3 Å². The molecule has 4 heteroatoms. The molecular formula is C20H21N3O. The predicted molar refractivity (Wildman–Crippen MR) is 95.6 cm³/mol. The van der Waals surface area contributed by atoms with Crippen molar-refractivity contribution in [2.24, 2.45) is 0 Å². The van der Waals surface area contributed by atoms with Crippen LogP contribution in [0.25, 0.3) is 6.08 Å². The summed E-state index contributed by atoms with van der Waals surface area (Å²) in [5.41, 5.74) is 2.78. The first kappa shape index (κ1) is 14.9. The van der Waals surface area contributed by atoms with Gasteiger partial charge in [0.05, 0.1) is 0 Å². The van der Waals surface area contributed by atoms with E-state index in [9.17, 15) is 4.79 Å². The Morgan fingerprint density at radius 2 is 1.92 bits per heavy atom. The minimum atomic E-state index is -0.546. The van der Waals surface area contributed by atoms with Crippen LogP contribution < -0.4 is 10.2 Å². The van der Waals surface area contributed by atoms with Gasteiger partial charge in [0, 0.05) is 36.5 Å². The average Bonchev–Trinajstić information content (AvgIpc) is 2.79. The highest BCUT2D eigenvalue weighted by Gasteiger charge is 2.57. The molecular weight excluding hydrogens is 298 g/mol. The number of hydrogen-bond acceptors (Lipinski definition) is 3. The summed E-state index contributed by atoms with van der Waals surface area (Å²) in [6.45, 7) is 5.13. The van der Waals surface area contributed by atoms with Crippen LogP contribution in [0.1, 0.15) is 31.4 Å². The summed E-state index contributed by atoms with van der Waals surface area (Å²) in [7, 11) is 0. The van der Waals surface area contributed by atoms with Crippen LogP contribution in [0.2, 0.25) is 0 Å². The zero-order valence-corrected chi connectivity index (χ0v) is 14.0. The molecule has 2 aliphatic rings. The lowest BCUT2D eigenvalue weighted by molar-refractivity contribution is -0.124. The van der Waals surface area contributed by atoms with E-state index in [2.05, 4.69) is 65.5 Å². The van der Waals surface area contributed by atoms with Crippen molar-refractivity contribution < 1.29 is 4.79 Å². The molecule has 122 valence electrons. The van der Waals surface area contributed by atoms with Gasteiger partial charge < -0.3 is 10.2 Å². The smallest absolute Gasteiger partial charge is 0.223 e. The molecule has 4 rings (SSSR count). The van der Waals surface area contributed by atoms with Crippen LogP contribution in [0.5, 0.6) is 0 Å². The summed E-state index contributed by atoms with van der Waals surface area (Å²) in [6, 6.07) is 12.4. The number of nitrogens with one attached hydrogen (secondary N) is 1. The average molecular weight is 319 g/mol. The number of rotatable bonds is 2. The van der Waals surface area contributed by atoms with Crippen LogP contribution in [0.3, 0.4) is 0 Å².